The molecule has 0 bridgehead atoms. The van der Waals surface area contributed by atoms with Gasteiger partial charge >= 0.3 is 0 Å². The second kappa shape index (κ2) is 6.71. The molecule has 4 nitrogen and oxygen atoms in total. The van der Waals surface area contributed by atoms with Gasteiger partial charge in [0.1, 0.15) is 0 Å². The summed E-state index contributed by atoms with van der Waals surface area (Å²) in [6.45, 7) is 2.09. The zero-order valence-corrected chi connectivity index (χ0v) is 8.62. The summed E-state index contributed by atoms with van der Waals surface area (Å²) < 4.78 is 33.7. The van der Waals surface area contributed by atoms with Gasteiger partial charge in [-0.3, -0.25) is 0 Å². The maximum absolute atomic E-state index is 9.92. The predicted molar refractivity (Wildman–Crippen MR) is 47.4 cm³/mol. The molecule has 74 valence electrons. The topological polar surface area (TPSA) is 66.4 Å². The SMILES string of the molecule is CCCCCCSOS(=O)(=O)[O-]. The van der Waals surface area contributed by atoms with Crippen LogP contribution in [0.4, 0.5) is 0 Å². The van der Waals surface area contributed by atoms with E-state index in [1.54, 1.807) is 0 Å². The van der Waals surface area contributed by atoms with Gasteiger partial charge in [0, 0.05) is 17.8 Å². The third kappa shape index (κ3) is 10.2. The Morgan fingerprint density at radius 3 is 2.50 bits per heavy atom. The molecular weight excluding hydrogens is 200 g/mol. The van der Waals surface area contributed by atoms with Gasteiger partial charge < -0.3 is 4.55 Å². The van der Waals surface area contributed by atoms with Gasteiger partial charge in [-0.1, -0.05) is 26.2 Å². The summed E-state index contributed by atoms with van der Waals surface area (Å²) in [5.74, 6) is 0.557. The number of hydrogen-bond donors (Lipinski definition) is 0. The van der Waals surface area contributed by atoms with Crippen LogP contribution >= 0.6 is 12.0 Å². The Bertz CT molecular complexity index is 188. The maximum Gasteiger partial charge on any atom is 0.228 e. The van der Waals surface area contributed by atoms with Gasteiger partial charge in [-0.15, -0.1) is 0 Å². The van der Waals surface area contributed by atoms with Gasteiger partial charge in [0.2, 0.25) is 10.4 Å². The van der Waals surface area contributed by atoms with E-state index in [-0.39, 0.29) is 0 Å². The number of hydrogen-bond acceptors (Lipinski definition) is 5. The van der Waals surface area contributed by atoms with Gasteiger partial charge in [-0.25, -0.2) is 12.0 Å². The van der Waals surface area contributed by atoms with Gasteiger partial charge in [-0.05, 0) is 6.42 Å². The standard InChI is InChI=1S/C6H14O4S2/c1-2-3-4-5-6-11-10-12(7,8)9/h2-6H2,1H3,(H,7,8,9)/p-1. The summed E-state index contributed by atoms with van der Waals surface area (Å²) in [5.41, 5.74) is 0. The van der Waals surface area contributed by atoms with Gasteiger partial charge in [0.25, 0.3) is 0 Å². The van der Waals surface area contributed by atoms with Crippen LogP contribution in [0.3, 0.4) is 0 Å². The Morgan fingerprint density at radius 1 is 1.33 bits per heavy atom. The van der Waals surface area contributed by atoms with Crippen LogP contribution in [-0.4, -0.2) is 18.7 Å². The number of rotatable bonds is 7. The molecule has 0 radical (unpaired) electrons. The van der Waals surface area contributed by atoms with Crippen LogP contribution in [0.25, 0.3) is 0 Å². The molecule has 0 atom stereocenters. The van der Waals surface area contributed by atoms with Crippen molar-refractivity contribution in [2.45, 2.75) is 32.6 Å². The monoisotopic (exact) mass is 213 g/mol. The molecule has 0 fully saturated rings. The van der Waals surface area contributed by atoms with Crippen molar-refractivity contribution in [3.8, 4) is 0 Å². The fourth-order valence-electron chi connectivity index (χ4n) is 0.681. The fourth-order valence-corrected chi connectivity index (χ4v) is 1.75. The summed E-state index contributed by atoms with van der Waals surface area (Å²) >= 11 is 0.710. The second-order valence-corrected chi connectivity index (χ2v) is 4.36. The highest BCUT2D eigenvalue weighted by atomic mass is 32.3. The molecule has 0 saturated carbocycles. The minimum Gasteiger partial charge on any atom is -0.725 e. The quantitative estimate of drug-likeness (QED) is 0.278. The molecule has 0 amide bonds. The van der Waals surface area contributed by atoms with Crippen LogP contribution in [0.15, 0.2) is 0 Å². The van der Waals surface area contributed by atoms with Crippen molar-refractivity contribution in [2.75, 3.05) is 5.75 Å². The third-order valence-electron chi connectivity index (χ3n) is 1.21. The lowest BCUT2D eigenvalue weighted by atomic mass is 10.2. The lowest BCUT2D eigenvalue weighted by Crippen LogP contribution is -1.98. The normalized spacial score (nSPS) is 11.8. The Kier molecular flexibility index (Phi) is 6.83. The summed E-state index contributed by atoms with van der Waals surface area (Å²) in [7, 11) is -4.50. The first-order valence-electron chi connectivity index (χ1n) is 3.83. The Hall–Kier alpha value is 0.220. The van der Waals surface area contributed by atoms with E-state index in [0.29, 0.717) is 17.8 Å². The fraction of sp³-hybridized carbons (Fsp3) is 1.00. The molecule has 0 aliphatic rings. The van der Waals surface area contributed by atoms with Crippen LogP contribution in [0.5, 0.6) is 0 Å². The van der Waals surface area contributed by atoms with Crippen LogP contribution in [0.1, 0.15) is 32.6 Å². The maximum atomic E-state index is 9.92. The van der Waals surface area contributed by atoms with E-state index in [9.17, 15) is 13.0 Å². The van der Waals surface area contributed by atoms with Crippen molar-refractivity contribution in [3.63, 3.8) is 0 Å². The molecule has 0 rings (SSSR count). The van der Waals surface area contributed by atoms with Crippen molar-refractivity contribution in [3.05, 3.63) is 0 Å². The Labute approximate surface area is 77.8 Å². The van der Waals surface area contributed by atoms with Crippen molar-refractivity contribution in [1.29, 1.82) is 0 Å². The first kappa shape index (κ1) is 12.2. The van der Waals surface area contributed by atoms with Gasteiger partial charge in [0.05, 0.1) is 0 Å². The molecule has 12 heavy (non-hydrogen) atoms. The highest BCUT2D eigenvalue weighted by Crippen LogP contribution is 2.10. The zero-order chi connectivity index (χ0) is 9.45. The first-order chi connectivity index (χ1) is 5.56. The van der Waals surface area contributed by atoms with Crippen molar-refractivity contribution >= 4 is 22.4 Å². The predicted octanol–water partition coefficient (Wildman–Crippen LogP) is 1.69. The molecular formula is C6H13O4S2-. The Balaban J connectivity index is 3.12. The second-order valence-electron chi connectivity index (χ2n) is 2.36. The summed E-state index contributed by atoms with van der Waals surface area (Å²) in [6.07, 6.45) is 4.19. The minimum absolute atomic E-state index is 0.557. The molecule has 0 aromatic rings. The average molecular weight is 213 g/mol. The van der Waals surface area contributed by atoms with Crippen LogP contribution < -0.4 is 0 Å². The molecule has 0 aliphatic heterocycles. The van der Waals surface area contributed by atoms with E-state index >= 15 is 0 Å². The first-order valence-corrected chi connectivity index (χ1v) is 6.07. The van der Waals surface area contributed by atoms with Crippen LogP contribution in [0.2, 0.25) is 0 Å². The summed E-state index contributed by atoms with van der Waals surface area (Å²) in [5, 5.41) is 0. The van der Waals surface area contributed by atoms with E-state index in [1.165, 1.54) is 0 Å². The highest BCUT2D eigenvalue weighted by Gasteiger charge is 1.95. The molecule has 0 N–H and O–H groups in total. The van der Waals surface area contributed by atoms with Crippen molar-refractivity contribution in [1.82, 2.24) is 0 Å². The Morgan fingerprint density at radius 2 is 2.00 bits per heavy atom. The summed E-state index contributed by atoms with van der Waals surface area (Å²) in [4.78, 5) is 0. The molecule has 0 unspecified atom stereocenters. The number of unbranched alkanes of at least 4 members (excludes halogenated alkanes) is 3. The van der Waals surface area contributed by atoms with E-state index in [2.05, 4.69) is 10.6 Å². The zero-order valence-electron chi connectivity index (χ0n) is 6.99. The molecule has 0 saturated heterocycles. The van der Waals surface area contributed by atoms with Crippen LogP contribution in [0, 0.1) is 0 Å². The lowest BCUT2D eigenvalue weighted by molar-refractivity contribution is 0.391. The van der Waals surface area contributed by atoms with Gasteiger partial charge in [-0.2, -0.15) is 0 Å². The molecule has 0 aromatic heterocycles. The van der Waals surface area contributed by atoms with E-state index in [4.69, 9.17) is 0 Å². The smallest absolute Gasteiger partial charge is 0.228 e. The highest BCUT2D eigenvalue weighted by molar-refractivity contribution is 8.02. The molecule has 0 spiro atoms. The van der Waals surface area contributed by atoms with Crippen molar-refractivity contribution < 1.29 is 16.6 Å². The lowest BCUT2D eigenvalue weighted by Gasteiger charge is -2.04. The molecule has 0 aromatic carbocycles. The molecule has 0 heterocycles. The largest absolute Gasteiger partial charge is 0.725 e. The minimum atomic E-state index is -4.50. The van der Waals surface area contributed by atoms with Gasteiger partial charge in [0.15, 0.2) is 0 Å². The van der Waals surface area contributed by atoms with E-state index in [1.807, 2.05) is 0 Å². The molecule has 6 heteroatoms. The third-order valence-corrected chi connectivity index (χ3v) is 2.72. The van der Waals surface area contributed by atoms with Crippen molar-refractivity contribution in [2.24, 2.45) is 0 Å². The van der Waals surface area contributed by atoms with Crippen LogP contribution in [-0.2, 0) is 14.0 Å². The summed E-state index contributed by atoms with van der Waals surface area (Å²) in [6, 6.07) is 0. The van der Waals surface area contributed by atoms with E-state index < -0.39 is 10.4 Å². The van der Waals surface area contributed by atoms with E-state index in [0.717, 1.165) is 25.7 Å². The average Bonchev–Trinajstić information content (AvgIpc) is 1.94. The molecule has 0 aliphatic carbocycles.